The summed E-state index contributed by atoms with van der Waals surface area (Å²) in [6.07, 6.45) is 3.29. The van der Waals surface area contributed by atoms with Crippen molar-refractivity contribution in [1.82, 2.24) is 10.3 Å². The number of carbonyl (C=O) groups excluding carboxylic acids is 1. The topological polar surface area (TPSA) is 133 Å². The second-order valence-corrected chi connectivity index (χ2v) is 10.4. The number of aromatic nitrogens is 1. The molecule has 3 aromatic rings. The zero-order valence-electron chi connectivity index (χ0n) is 22.3. The number of nitrogen functional groups attached to an aromatic ring is 1. The summed E-state index contributed by atoms with van der Waals surface area (Å²) in [7, 11) is 1.48. The molecule has 39 heavy (non-hydrogen) atoms. The summed E-state index contributed by atoms with van der Waals surface area (Å²) in [4.78, 5) is 18.1. The standard InChI is InChI=1S/C30H33FN4O4/c1-16-14-39-28-23(16)13-25(35-27(28)18-4-8-22(31)9-5-18)30(37,21-6-7-21)15-34-29(36)20-11-19(10-17(2)32)26(33)24(12-20)38-3/h4-5,8-13,16,21,37H,6-7,14-15,32-33H2,1-3H3,(H,34,36)/b17-10-/t16-,30-/m1/s1. The van der Waals surface area contributed by atoms with Gasteiger partial charge in [0.25, 0.3) is 5.91 Å². The Balaban J connectivity index is 1.49. The number of fused-ring (bicyclic) bond motifs is 1. The maximum absolute atomic E-state index is 13.6. The predicted octanol–water partition coefficient (Wildman–Crippen LogP) is 4.32. The third-order valence-corrected chi connectivity index (χ3v) is 7.38. The van der Waals surface area contributed by atoms with Crippen molar-refractivity contribution in [2.75, 3.05) is 26.0 Å². The molecule has 8 nitrogen and oxygen atoms in total. The molecule has 2 atom stereocenters. The number of nitrogens with one attached hydrogen (secondary N) is 1. The van der Waals surface area contributed by atoms with Gasteiger partial charge >= 0.3 is 0 Å². The molecule has 204 valence electrons. The largest absolute Gasteiger partial charge is 0.495 e. The van der Waals surface area contributed by atoms with Crippen LogP contribution in [0, 0.1) is 11.7 Å². The number of amides is 1. The van der Waals surface area contributed by atoms with E-state index >= 15 is 0 Å². The average Bonchev–Trinajstić information content (AvgIpc) is 3.71. The Morgan fingerprint density at radius 1 is 1.28 bits per heavy atom. The first-order valence-corrected chi connectivity index (χ1v) is 13.0. The molecule has 5 rings (SSSR count). The van der Waals surface area contributed by atoms with E-state index in [1.54, 1.807) is 37.3 Å². The molecule has 0 spiro atoms. The van der Waals surface area contributed by atoms with Crippen molar-refractivity contribution in [1.29, 1.82) is 0 Å². The van der Waals surface area contributed by atoms with Crippen LogP contribution >= 0.6 is 0 Å². The second-order valence-electron chi connectivity index (χ2n) is 10.4. The molecular weight excluding hydrogens is 499 g/mol. The lowest BCUT2D eigenvalue weighted by atomic mass is 9.89. The van der Waals surface area contributed by atoms with Crippen molar-refractivity contribution in [3.8, 4) is 22.8 Å². The molecule has 1 amide bonds. The summed E-state index contributed by atoms with van der Waals surface area (Å²) in [6.45, 7) is 4.22. The molecule has 6 N–H and O–H groups in total. The maximum atomic E-state index is 13.6. The van der Waals surface area contributed by atoms with Crippen molar-refractivity contribution in [2.24, 2.45) is 11.7 Å². The molecule has 0 radical (unpaired) electrons. The summed E-state index contributed by atoms with van der Waals surface area (Å²) in [5, 5.41) is 14.9. The molecule has 0 bridgehead atoms. The summed E-state index contributed by atoms with van der Waals surface area (Å²) in [5.41, 5.74) is 15.0. The fourth-order valence-corrected chi connectivity index (χ4v) is 5.03. The molecule has 1 saturated carbocycles. The van der Waals surface area contributed by atoms with E-state index in [2.05, 4.69) is 5.32 Å². The molecule has 0 unspecified atom stereocenters. The first-order valence-electron chi connectivity index (χ1n) is 13.0. The van der Waals surface area contributed by atoms with Crippen molar-refractivity contribution in [3.05, 3.63) is 76.4 Å². The Morgan fingerprint density at radius 2 is 2.00 bits per heavy atom. The maximum Gasteiger partial charge on any atom is 0.251 e. The quantitative estimate of drug-likeness (QED) is 0.318. The number of halogens is 1. The van der Waals surface area contributed by atoms with Crippen LogP contribution in [0.4, 0.5) is 10.1 Å². The van der Waals surface area contributed by atoms with E-state index in [1.165, 1.54) is 19.2 Å². The van der Waals surface area contributed by atoms with Gasteiger partial charge in [-0.05, 0) is 74.2 Å². The normalized spacial score (nSPS) is 18.2. The van der Waals surface area contributed by atoms with Gasteiger partial charge in [-0.2, -0.15) is 0 Å². The minimum Gasteiger partial charge on any atom is -0.495 e. The third kappa shape index (κ3) is 5.14. The van der Waals surface area contributed by atoms with Crippen LogP contribution in [0.15, 0.2) is 48.2 Å². The van der Waals surface area contributed by atoms with E-state index in [0.29, 0.717) is 57.6 Å². The highest BCUT2D eigenvalue weighted by atomic mass is 19.1. The molecule has 1 aliphatic carbocycles. The fraction of sp³-hybridized carbons (Fsp3) is 0.333. The van der Waals surface area contributed by atoms with Crippen LogP contribution in [0.2, 0.25) is 0 Å². The Hall–Kier alpha value is -4.11. The van der Waals surface area contributed by atoms with Crippen LogP contribution in [0.25, 0.3) is 17.3 Å². The highest BCUT2D eigenvalue weighted by molar-refractivity contribution is 5.96. The molecule has 9 heteroatoms. The molecule has 2 aromatic carbocycles. The number of benzene rings is 2. The number of hydrogen-bond donors (Lipinski definition) is 4. The van der Waals surface area contributed by atoms with Crippen LogP contribution in [0.1, 0.15) is 59.8 Å². The van der Waals surface area contributed by atoms with E-state index in [1.807, 2.05) is 13.0 Å². The Bertz CT molecular complexity index is 1450. The summed E-state index contributed by atoms with van der Waals surface area (Å²) < 4.78 is 25.0. The van der Waals surface area contributed by atoms with E-state index < -0.39 is 11.5 Å². The molecular formula is C30H33FN4O4. The minimum atomic E-state index is -1.41. The average molecular weight is 533 g/mol. The molecule has 1 aromatic heterocycles. The number of nitrogens with zero attached hydrogens (tertiary/aromatic N) is 1. The Kier molecular flexibility index (Phi) is 6.94. The SMILES string of the molecule is COc1cc(C(=O)NC[C@](O)(c2cc3c(c(-c4ccc(F)cc4)n2)OC[C@H]3C)C2CC2)cc(/C=C(/C)N)c1N. The van der Waals surface area contributed by atoms with Crippen molar-refractivity contribution in [2.45, 2.75) is 38.2 Å². The lowest BCUT2D eigenvalue weighted by Crippen LogP contribution is -2.43. The van der Waals surface area contributed by atoms with Gasteiger partial charge in [0.05, 0.1) is 31.6 Å². The number of pyridine rings is 1. The van der Waals surface area contributed by atoms with Crippen molar-refractivity contribution >= 4 is 17.7 Å². The first-order chi connectivity index (χ1) is 18.6. The van der Waals surface area contributed by atoms with E-state index in [0.717, 1.165) is 18.4 Å². The zero-order chi connectivity index (χ0) is 27.9. The summed E-state index contributed by atoms with van der Waals surface area (Å²) in [5.74, 6) is 0.279. The van der Waals surface area contributed by atoms with Gasteiger partial charge < -0.3 is 31.4 Å². The highest BCUT2D eigenvalue weighted by Crippen LogP contribution is 2.48. The van der Waals surface area contributed by atoms with Crippen molar-refractivity contribution in [3.63, 3.8) is 0 Å². The van der Waals surface area contributed by atoms with Gasteiger partial charge in [-0.1, -0.05) is 6.92 Å². The third-order valence-electron chi connectivity index (χ3n) is 7.38. The van der Waals surface area contributed by atoms with Gasteiger partial charge in [0.15, 0.2) is 0 Å². The van der Waals surface area contributed by atoms with Gasteiger partial charge in [-0.25, -0.2) is 9.37 Å². The summed E-state index contributed by atoms with van der Waals surface area (Å²) in [6, 6.07) is 11.1. The number of aliphatic hydroxyl groups is 1. The van der Waals surface area contributed by atoms with Crippen LogP contribution in [0.3, 0.4) is 0 Å². The highest BCUT2D eigenvalue weighted by Gasteiger charge is 2.47. The van der Waals surface area contributed by atoms with E-state index in [-0.39, 0.29) is 24.2 Å². The van der Waals surface area contributed by atoms with Crippen LogP contribution in [0.5, 0.6) is 11.5 Å². The zero-order valence-corrected chi connectivity index (χ0v) is 22.3. The van der Waals surface area contributed by atoms with Gasteiger partial charge in [-0.3, -0.25) is 4.79 Å². The lowest BCUT2D eigenvalue weighted by Gasteiger charge is -2.29. The first kappa shape index (κ1) is 26.5. The predicted molar refractivity (Wildman–Crippen MR) is 148 cm³/mol. The Labute approximate surface area is 226 Å². The number of carbonyl (C=O) groups is 1. The van der Waals surface area contributed by atoms with E-state index in [4.69, 9.17) is 25.9 Å². The molecule has 1 fully saturated rings. The molecule has 1 aliphatic heterocycles. The minimum absolute atomic E-state index is 0.0475. The fourth-order valence-electron chi connectivity index (χ4n) is 5.03. The van der Waals surface area contributed by atoms with E-state index in [9.17, 15) is 14.3 Å². The molecule has 2 heterocycles. The number of methoxy groups -OCH3 is 1. The van der Waals surface area contributed by atoms with Crippen LogP contribution < -0.4 is 26.3 Å². The number of rotatable bonds is 8. The second kappa shape index (κ2) is 10.2. The molecule has 0 saturated heterocycles. The monoisotopic (exact) mass is 532 g/mol. The molecule has 2 aliphatic rings. The number of nitrogens with two attached hydrogens (primary N) is 2. The van der Waals surface area contributed by atoms with Gasteiger partial charge in [0.2, 0.25) is 0 Å². The van der Waals surface area contributed by atoms with Crippen LogP contribution in [-0.2, 0) is 5.60 Å². The Morgan fingerprint density at radius 3 is 2.64 bits per heavy atom. The number of anilines is 1. The smallest absolute Gasteiger partial charge is 0.251 e. The lowest BCUT2D eigenvalue weighted by molar-refractivity contribution is 0.00950. The number of allylic oxidation sites excluding steroid dienone is 1. The summed E-state index contributed by atoms with van der Waals surface area (Å²) >= 11 is 0. The van der Waals surface area contributed by atoms with Gasteiger partial charge in [0, 0.05) is 33.9 Å². The van der Waals surface area contributed by atoms with Crippen molar-refractivity contribution < 1.29 is 23.8 Å². The van der Waals surface area contributed by atoms with Gasteiger partial charge in [-0.15, -0.1) is 0 Å². The number of ether oxygens (including phenoxy) is 2. The number of hydrogen-bond acceptors (Lipinski definition) is 7. The van der Waals surface area contributed by atoms with Gasteiger partial charge in [0.1, 0.15) is 28.6 Å². The van der Waals surface area contributed by atoms with Crippen LogP contribution in [-0.4, -0.2) is 36.3 Å².